The van der Waals surface area contributed by atoms with E-state index in [4.69, 9.17) is 5.11 Å². The van der Waals surface area contributed by atoms with Gasteiger partial charge in [-0.3, -0.25) is 4.79 Å². The Hall–Kier alpha value is -1.47. The van der Waals surface area contributed by atoms with Crippen molar-refractivity contribution in [2.24, 2.45) is 0 Å². The van der Waals surface area contributed by atoms with Gasteiger partial charge in [0.05, 0.1) is 0 Å². The lowest BCUT2D eigenvalue weighted by atomic mass is 10.2. The average Bonchev–Trinajstić information content (AvgIpc) is 2.36. The van der Waals surface area contributed by atoms with Gasteiger partial charge in [-0.2, -0.15) is 4.31 Å². The monoisotopic (exact) mass is 317 g/mol. The van der Waals surface area contributed by atoms with Crippen molar-refractivity contribution in [3.63, 3.8) is 0 Å². The van der Waals surface area contributed by atoms with E-state index in [1.807, 2.05) is 0 Å². The molecule has 1 aromatic rings. The predicted octanol–water partition coefficient (Wildman–Crippen LogP) is 2.40. The molecular formula is C14H20FNO4S. The van der Waals surface area contributed by atoms with Crippen LogP contribution in [0.25, 0.3) is 0 Å². The molecule has 0 aromatic heterocycles. The summed E-state index contributed by atoms with van der Waals surface area (Å²) in [5.74, 6) is -1.79. The number of nitrogens with zero attached hydrogens (tertiary/aromatic N) is 1. The number of sulfonamides is 1. The summed E-state index contributed by atoms with van der Waals surface area (Å²) < 4.78 is 40.1. The quantitative estimate of drug-likeness (QED) is 0.838. The Balaban J connectivity index is 3.10. The van der Waals surface area contributed by atoms with Crippen molar-refractivity contribution in [1.82, 2.24) is 4.31 Å². The van der Waals surface area contributed by atoms with Crippen LogP contribution >= 0.6 is 0 Å². The highest BCUT2D eigenvalue weighted by Gasteiger charge is 2.29. The second kappa shape index (κ2) is 7.00. The Labute approximate surface area is 124 Å². The van der Waals surface area contributed by atoms with Crippen molar-refractivity contribution < 1.29 is 22.7 Å². The molecule has 0 saturated heterocycles. The first-order valence-corrected chi connectivity index (χ1v) is 8.10. The van der Waals surface area contributed by atoms with Crippen LogP contribution in [-0.2, 0) is 14.8 Å². The van der Waals surface area contributed by atoms with Crippen LogP contribution < -0.4 is 0 Å². The van der Waals surface area contributed by atoms with Crippen molar-refractivity contribution in [2.75, 3.05) is 6.54 Å². The van der Waals surface area contributed by atoms with E-state index in [0.717, 1.165) is 10.4 Å². The highest BCUT2D eigenvalue weighted by Crippen LogP contribution is 2.22. The van der Waals surface area contributed by atoms with Gasteiger partial charge in [0.2, 0.25) is 10.0 Å². The zero-order valence-corrected chi connectivity index (χ0v) is 13.2. The Bertz CT molecular complexity index is 613. The van der Waals surface area contributed by atoms with Crippen LogP contribution in [0.1, 0.15) is 32.3 Å². The molecule has 5 nitrogen and oxygen atoms in total. The minimum atomic E-state index is -3.99. The smallest absolute Gasteiger partial charge is 0.303 e. The third-order valence-electron chi connectivity index (χ3n) is 3.02. The van der Waals surface area contributed by atoms with Crippen LogP contribution in [0.5, 0.6) is 0 Å². The van der Waals surface area contributed by atoms with E-state index in [9.17, 15) is 17.6 Å². The van der Waals surface area contributed by atoms with E-state index in [-0.39, 0.29) is 30.3 Å². The van der Waals surface area contributed by atoms with Gasteiger partial charge in [0, 0.05) is 19.0 Å². The van der Waals surface area contributed by atoms with Crippen LogP contribution in [0.4, 0.5) is 4.39 Å². The summed E-state index contributed by atoms with van der Waals surface area (Å²) in [4.78, 5) is 10.2. The van der Waals surface area contributed by atoms with Crippen molar-refractivity contribution in [2.45, 2.75) is 44.6 Å². The van der Waals surface area contributed by atoms with Gasteiger partial charge in [-0.25, -0.2) is 12.8 Å². The molecule has 0 atom stereocenters. The predicted molar refractivity (Wildman–Crippen MR) is 77.0 cm³/mol. The van der Waals surface area contributed by atoms with E-state index in [1.54, 1.807) is 20.8 Å². The average molecular weight is 317 g/mol. The van der Waals surface area contributed by atoms with Crippen LogP contribution in [-0.4, -0.2) is 36.4 Å². The summed E-state index contributed by atoms with van der Waals surface area (Å²) in [6.07, 6.45) is 0.0508. The fourth-order valence-corrected chi connectivity index (χ4v) is 3.80. The normalized spacial score (nSPS) is 12.1. The number of halogens is 1. The number of hydrogen-bond donors (Lipinski definition) is 1. The molecule has 0 aliphatic rings. The first kappa shape index (κ1) is 17.6. The number of carboxylic acid groups (broad SMARTS) is 1. The van der Waals surface area contributed by atoms with E-state index in [1.165, 1.54) is 12.1 Å². The highest BCUT2D eigenvalue weighted by molar-refractivity contribution is 7.89. The van der Waals surface area contributed by atoms with Gasteiger partial charge < -0.3 is 5.11 Å². The molecule has 0 unspecified atom stereocenters. The molecule has 0 bridgehead atoms. The summed E-state index contributed by atoms with van der Waals surface area (Å²) >= 11 is 0. The Kier molecular flexibility index (Phi) is 5.86. The van der Waals surface area contributed by atoms with Gasteiger partial charge in [0.1, 0.15) is 10.7 Å². The molecule has 0 aliphatic heterocycles. The second-order valence-corrected chi connectivity index (χ2v) is 7.00. The molecule has 7 heteroatoms. The van der Waals surface area contributed by atoms with Crippen molar-refractivity contribution in [3.05, 3.63) is 29.6 Å². The molecule has 118 valence electrons. The number of carboxylic acids is 1. The lowest BCUT2D eigenvalue weighted by Crippen LogP contribution is -2.38. The third kappa shape index (κ3) is 4.50. The lowest BCUT2D eigenvalue weighted by Gasteiger charge is -2.26. The van der Waals surface area contributed by atoms with Gasteiger partial charge >= 0.3 is 5.97 Å². The SMILES string of the molecule is Cc1ccc(F)c(S(=O)(=O)N(CCCC(=O)O)C(C)C)c1. The first-order valence-electron chi connectivity index (χ1n) is 6.66. The molecule has 1 N–H and O–H groups in total. The minimum Gasteiger partial charge on any atom is -0.481 e. The van der Waals surface area contributed by atoms with Crippen LogP contribution in [0.2, 0.25) is 0 Å². The number of aliphatic carboxylic acids is 1. The molecule has 0 saturated carbocycles. The van der Waals surface area contributed by atoms with Crippen LogP contribution in [0.15, 0.2) is 23.1 Å². The van der Waals surface area contributed by atoms with E-state index >= 15 is 0 Å². The topological polar surface area (TPSA) is 74.7 Å². The number of benzene rings is 1. The summed E-state index contributed by atoms with van der Waals surface area (Å²) in [6.45, 7) is 5.07. The molecule has 0 fully saturated rings. The molecule has 21 heavy (non-hydrogen) atoms. The van der Waals surface area contributed by atoms with Crippen LogP contribution in [0, 0.1) is 12.7 Å². The molecule has 0 heterocycles. The molecule has 0 amide bonds. The van der Waals surface area contributed by atoms with Crippen LogP contribution in [0.3, 0.4) is 0 Å². The maximum Gasteiger partial charge on any atom is 0.303 e. The Morgan fingerprint density at radius 2 is 2.00 bits per heavy atom. The van der Waals surface area contributed by atoms with E-state index in [0.29, 0.717) is 5.56 Å². The summed E-state index contributed by atoms with van der Waals surface area (Å²) in [5, 5.41) is 8.64. The molecule has 1 rings (SSSR count). The molecule has 0 aliphatic carbocycles. The molecule has 0 radical (unpaired) electrons. The standard InChI is InChI=1S/C14H20FNO4S/c1-10(2)16(8-4-5-14(17)18)21(19,20)13-9-11(3)6-7-12(13)15/h6-7,9-10H,4-5,8H2,1-3H3,(H,17,18). The fraction of sp³-hybridized carbons (Fsp3) is 0.500. The largest absolute Gasteiger partial charge is 0.481 e. The third-order valence-corrected chi connectivity index (χ3v) is 5.11. The number of hydrogen-bond acceptors (Lipinski definition) is 3. The number of rotatable bonds is 7. The fourth-order valence-electron chi connectivity index (χ4n) is 1.98. The van der Waals surface area contributed by atoms with Crippen molar-refractivity contribution in [1.29, 1.82) is 0 Å². The van der Waals surface area contributed by atoms with Crippen molar-refractivity contribution in [3.8, 4) is 0 Å². The van der Waals surface area contributed by atoms with E-state index in [2.05, 4.69) is 0 Å². The maximum absolute atomic E-state index is 13.8. The molecular weight excluding hydrogens is 297 g/mol. The van der Waals surface area contributed by atoms with Gasteiger partial charge in [-0.1, -0.05) is 6.07 Å². The zero-order chi connectivity index (χ0) is 16.2. The minimum absolute atomic E-state index is 0.0414. The zero-order valence-electron chi connectivity index (χ0n) is 12.3. The molecule has 0 spiro atoms. The number of carbonyl (C=O) groups is 1. The molecule has 1 aromatic carbocycles. The summed E-state index contributed by atoms with van der Waals surface area (Å²) in [5.41, 5.74) is 0.643. The summed E-state index contributed by atoms with van der Waals surface area (Å²) in [7, 11) is -3.99. The first-order chi connectivity index (χ1) is 9.66. The maximum atomic E-state index is 13.8. The van der Waals surface area contributed by atoms with Gasteiger partial charge in [0.15, 0.2) is 0 Å². The number of aryl methyl sites for hydroxylation is 1. The van der Waals surface area contributed by atoms with E-state index < -0.39 is 21.8 Å². The second-order valence-electron chi connectivity index (χ2n) is 5.14. The lowest BCUT2D eigenvalue weighted by molar-refractivity contribution is -0.137. The van der Waals surface area contributed by atoms with Gasteiger partial charge in [-0.15, -0.1) is 0 Å². The van der Waals surface area contributed by atoms with Gasteiger partial charge in [-0.05, 0) is 44.9 Å². The summed E-state index contributed by atoms with van der Waals surface area (Å²) in [6, 6.07) is 3.52. The highest BCUT2D eigenvalue weighted by atomic mass is 32.2. The Morgan fingerprint density at radius 1 is 1.38 bits per heavy atom. The Morgan fingerprint density at radius 3 is 2.52 bits per heavy atom. The van der Waals surface area contributed by atoms with Gasteiger partial charge in [0.25, 0.3) is 0 Å². The van der Waals surface area contributed by atoms with Crippen molar-refractivity contribution >= 4 is 16.0 Å².